The van der Waals surface area contributed by atoms with Crippen LogP contribution in [0.1, 0.15) is 38.7 Å². The molecule has 1 unspecified atom stereocenters. The number of carbonyl (C=O) groups is 2. The van der Waals surface area contributed by atoms with Crippen LogP contribution in [0, 0.1) is 0 Å². The Morgan fingerprint density at radius 1 is 1.08 bits per heavy atom. The van der Waals surface area contributed by atoms with Crippen LogP contribution < -0.4 is 5.32 Å². The summed E-state index contributed by atoms with van der Waals surface area (Å²) in [6.07, 6.45) is 2.59. The number of carbonyl (C=O) groups excluding carboxylic acids is 2. The second-order valence-corrected chi connectivity index (χ2v) is 5.91. The minimum Gasteiger partial charge on any atom is -0.464 e. The largest absolute Gasteiger partial charge is 0.464 e. The number of benzene rings is 2. The molecule has 0 aliphatic rings. The second-order valence-electron chi connectivity index (χ2n) is 5.91. The van der Waals surface area contributed by atoms with Crippen LogP contribution in [-0.2, 0) is 20.7 Å². The molecule has 4 heteroatoms. The molecule has 4 nitrogen and oxygen atoms in total. The summed E-state index contributed by atoms with van der Waals surface area (Å²) in [5, 5.41) is 5.03. The molecule has 0 aliphatic heterocycles. The molecule has 0 spiro atoms. The Bertz CT molecular complexity index is 696. The van der Waals surface area contributed by atoms with Crippen LogP contribution >= 0.6 is 0 Å². The standard InChI is InChI=1S/C20H25NO3/c1-3-5-12-24-20(23)18(4-2)21-19(22)14-15-10-11-16-8-6-7-9-17(16)13-15/h6-11,13,18H,3-5,12,14H2,1-2H3,(H,21,22). The highest BCUT2D eigenvalue weighted by Gasteiger charge is 2.20. The van der Waals surface area contributed by atoms with Gasteiger partial charge >= 0.3 is 5.97 Å². The van der Waals surface area contributed by atoms with Crippen molar-refractivity contribution in [2.45, 2.75) is 45.6 Å². The van der Waals surface area contributed by atoms with Crippen molar-refractivity contribution in [3.63, 3.8) is 0 Å². The maximum Gasteiger partial charge on any atom is 0.328 e. The highest BCUT2D eigenvalue weighted by Crippen LogP contribution is 2.16. The number of hydrogen-bond acceptors (Lipinski definition) is 3. The number of nitrogens with one attached hydrogen (secondary N) is 1. The van der Waals surface area contributed by atoms with Crippen molar-refractivity contribution in [3.05, 3.63) is 48.0 Å². The number of amides is 1. The van der Waals surface area contributed by atoms with E-state index in [2.05, 4.69) is 5.32 Å². The summed E-state index contributed by atoms with van der Waals surface area (Å²) >= 11 is 0. The lowest BCUT2D eigenvalue weighted by atomic mass is 10.0. The second kappa shape index (κ2) is 9.06. The first-order valence-corrected chi connectivity index (χ1v) is 8.57. The van der Waals surface area contributed by atoms with Crippen molar-refractivity contribution < 1.29 is 14.3 Å². The predicted octanol–water partition coefficient (Wildman–Crippen LogP) is 3.62. The zero-order chi connectivity index (χ0) is 17.4. The van der Waals surface area contributed by atoms with Crippen molar-refractivity contribution >= 4 is 22.6 Å². The maximum atomic E-state index is 12.2. The van der Waals surface area contributed by atoms with E-state index >= 15 is 0 Å². The van der Waals surface area contributed by atoms with Gasteiger partial charge in [0.2, 0.25) is 5.91 Å². The summed E-state index contributed by atoms with van der Waals surface area (Å²) in [5.41, 5.74) is 0.931. The van der Waals surface area contributed by atoms with Crippen molar-refractivity contribution in [3.8, 4) is 0 Å². The molecule has 0 aliphatic carbocycles. The molecule has 0 bridgehead atoms. The summed E-state index contributed by atoms with van der Waals surface area (Å²) in [6.45, 7) is 4.31. The summed E-state index contributed by atoms with van der Waals surface area (Å²) < 4.78 is 5.19. The number of esters is 1. The fourth-order valence-electron chi connectivity index (χ4n) is 2.52. The molecule has 2 aromatic rings. The molecular formula is C20H25NO3. The Labute approximate surface area is 143 Å². The first kappa shape index (κ1) is 18.0. The van der Waals surface area contributed by atoms with E-state index in [0.29, 0.717) is 13.0 Å². The molecule has 1 N–H and O–H groups in total. The quantitative estimate of drug-likeness (QED) is 0.595. The molecule has 0 aromatic heterocycles. The summed E-state index contributed by atoms with van der Waals surface area (Å²) in [6, 6.07) is 13.4. The maximum absolute atomic E-state index is 12.2. The number of hydrogen-bond donors (Lipinski definition) is 1. The molecule has 128 valence electrons. The SMILES string of the molecule is CCCCOC(=O)C(CC)NC(=O)Cc1ccc2ccccc2c1. The van der Waals surface area contributed by atoms with Gasteiger partial charge in [0.15, 0.2) is 0 Å². The van der Waals surface area contributed by atoms with E-state index in [1.165, 1.54) is 0 Å². The van der Waals surface area contributed by atoms with Crippen LogP contribution in [-0.4, -0.2) is 24.5 Å². The van der Waals surface area contributed by atoms with Gasteiger partial charge in [-0.25, -0.2) is 4.79 Å². The highest BCUT2D eigenvalue weighted by molar-refractivity contribution is 5.87. The summed E-state index contributed by atoms with van der Waals surface area (Å²) in [4.78, 5) is 24.2. The Balaban J connectivity index is 1.93. The van der Waals surface area contributed by atoms with Gasteiger partial charge in [0, 0.05) is 0 Å². The number of fused-ring (bicyclic) bond motifs is 1. The predicted molar refractivity (Wildman–Crippen MR) is 95.7 cm³/mol. The molecule has 0 heterocycles. The average molecular weight is 327 g/mol. The van der Waals surface area contributed by atoms with Gasteiger partial charge in [0.1, 0.15) is 6.04 Å². The van der Waals surface area contributed by atoms with Gasteiger partial charge < -0.3 is 10.1 Å². The normalized spacial score (nSPS) is 11.9. The van der Waals surface area contributed by atoms with Crippen LogP contribution in [0.3, 0.4) is 0 Å². The number of rotatable bonds is 8. The minimum absolute atomic E-state index is 0.162. The van der Waals surface area contributed by atoms with E-state index in [9.17, 15) is 9.59 Å². The van der Waals surface area contributed by atoms with E-state index in [1.807, 2.05) is 56.3 Å². The third-order valence-electron chi connectivity index (χ3n) is 3.95. The fourth-order valence-corrected chi connectivity index (χ4v) is 2.52. The molecule has 0 fully saturated rings. The van der Waals surface area contributed by atoms with E-state index in [4.69, 9.17) is 4.74 Å². The Kier molecular flexibility index (Phi) is 6.79. The van der Waals surface area contributed by atoms with Crippen LogP contribution in [0.4, 0.5) is 0 Å². The molecule has 0 saturated heterocycles. The van der Waals surface area contributed by atoms with Gasteiger partial charge in [-0.2, -0.15) is 0 Å². The van der Waals surface area contributed by atoms with Gasteiger partial charge in [-0.15, -0.1) is 0 Å². The van der Waals surface area contributed by atoms with Gasteiger partial charge in [-0.05, 0) is 29.2 Å². The summed E-state index contributed by atoms with van der Waals surface area (Å²) in [5.74, 6) is -0.512. The topological polar surface area (TPSA) is 55.4 Å². The van der Waals surface area contributed by atoms with Gasteiger partial charge in [-0.3, -0.25) is 4.79 Å². The highest BCUT2D eigenvalue weighted by atomic mass is 16.5. The lowest BCUT2D eigenvalue weighted by molar-refractivity contribution is -0.148. The summed E-state index contributed by atoms with van der Waals surface area (Å²) in [7, 11) is 0. The molecule has 0 radical (unpaired) electrons. The lowest BCUT2D eigenvalue weighted by Gasteiger charge is -2.16. The number of ether oxygens (including phenoxy) is 1. The molecule has 0 saturated carbocycles. The van der Waals surface area contributed by atoms with Gasteiger partial charge in [-0.1, -0.05) is 62.7 Å². The van der Waals surface area contributed by atoms with E-state index < -0.39 is 6.04 Å². The molecule has 1 atom stereocenters. The van der Waals surface area contributed by atoms with Crippen LogP contribution in [0.5, 0.6) is 0 Å². The molecule has 2 aromatic carbocycles. The number of unbranched alkanes of at least 4 members (excludes halogenated alkanes) is 1. The monoisotopic (exact) mass is 327 g/mol. The Hall–Kier alpha value is -2.36. The average Bonchev–Trinajstić information content (AvgIpc) is 2.59. The minimum atomic E-state index is -0.574. The third kappa shape index (κ3) is 5.08. The molecule has 2 rings (SSSR count). The smallest absolute Gasteiger partial charge is 0.328 e. The van der Waals surface area contributed by atoms with Gasteiger partial charge in [0.25, 0.3) is 0 Å². The fraction of sp³-hybridized carbons (Fsp3) is 0.400. The first-order chi connectivity index (χ1) is 11.6. The van der Waals surface area contributed by atoms with Crippen molar-refractivity contribution in [1.29, 1.82) is 0 Å². The van der Waals surface area contributed by atoms with Crippen LogP contribution in [0.15, 0.2) is 42.5 Å². The lowest BCUT2D eigenvalue weighted by Crippen LogP contribution is -2.42. The van der Waals surface area contributed by atoms with Crippen LogP contribution in [0.2, 0.25) is 0 Å². The van der Waals surface area contributed by atoms with Crippen molar-refractivity contribution in [1.82, 2.24) is 5.32 Å². The van der Waals surface area contributed by atoms with E-state index in [-0.39, 0.29) is 18.3 Å². The third-order valence-corrected chi connectivity index (χ3v) is 3.95. The Morgan fingerprint density at radius 2 is 1.83 bits per heavy atom. The zero-order valence-electron chi connectivity index (χ0n) is 14.4. The Morgan fingerprint density at radius 3 is 2.54 bits per heavy atom. The first-order valence-electron chi connectivity index (χ1n) is 8.57. The zero-order valence-corrected chi connectivity index (χ0v) is 14.4. The van der Waals surface area contributed by atoms with Crippen molar-refractivity contribution in [2.75, 3.05) is 6.61 Å². The van der Waals surface area contributed by atoms with E-state index in [0.717, 1.165) is 29.2 Å². The van der Waals surface area contributed by atoms with E-state index in [1.54, 1.807) is 0 Å². The van der Waals surface area contributed by atoms with Crippen molar-refractivity contribution in [2.24, 2.45) is 0 Å². The molecular weight excluding hydrogens is 302 g/mol. The molecule has 24 heavy (non-hydrogen) atoms. The van der Waals surface area contributed by atoms with Gasteiger partial charge in [0.05, 0.1) is 13.0 Å². The van der Waals surface area contributed by atoms with Crippen LogP contribution in [0.25, 0.3) is 10.8 Å². The molecule has 1 amide bonds.